The van der Waals surface area contributed by atoms with Gasteiger partial charge in [-0.15, -0.1) is 0 Å². The van der Waals surface area contributed by atoms with E-state index in [4.69, 9.17) is 4.74 Å². The zero-order chi connectivity index (χ0) is 15.4. The number of rotatable bonds is 5. The molecule has 0 saturated heterocycles. The Morgan fingerprint density at radius 3 is 2.24 bits per heavy atom. The molecule has 0 amide bonds. The molecule has 0 bridgehead atoms. The van der Waals surface area contributed by atoms with Gasteiger partial charge in [-0.3, -0.25) is 0 Å². The van der Waals surface area contributed by atoms with Crippen LogP contribution in [0.5, 0.6) is 5.88 Å². The summed E-state index contributed by atoms with van der Waals surface area (Å²) in [6.07, 6.45) is 1.81. The van der Waals surface area contributed by atoms with Crippen LogP contribution < -0.4 is 4.74 Å². The molecule has 1 unspecified atom stereocenters. The van der Waals surface area contributed by atoms with Gasteiger partial charge in [0.25, 0.3) is 0 Å². The second kappa shape index (κ2) is 6.70. The van der Waals surface area contributed by atoms with Crippen LogP contribution in [0, 0.1) is 11.7 Å². The summed E-state index contributed by atoms with van der Waals surface area (Å²) >= 11 is 0. The number of ether oxygens (including phenoxy) is 1. The highest BCUT2D eigenvalue weighted by Gasteiger charge is 2.23. The first kappa shape index (κ1) is 15.5. The molecule has 1 aromatic heterocycles. The Kier molecular flexibility index (Phi) is 4.94. The molecular formula is C18H22FNO. The summed E-state index contributed by atoms with van der Waals surface area (Å²) in [6.45, 7) is 8.28. The van der Waals surface area contributed by atoms with Gasteiger partial charge in [0.2, 0.25) is 5.88 Å². The van der Waals surface area contributed by atoms with E-state index in [2.05, 4.69) is 18.8 Å². The lowest BCUT2D eigenvalue weighted by Crippen LogP contribution is -2.14. The molecule has 2 aromatic rings. The second-order valence-corrected chi connectivity index (χ2v) is 5.84. The predicted molar refractivity (Wildman–Crippen MR) is 83.1 cm³/mol. The fraction of sp³-hybridized carbons (Fsp3) is 0.389. The molecule has 0 saturated carbocycles. The van der Waals surface area contributed by atoms with E-state index in [0.717, 1.165) is 11.1 Å². The number of hydrogen-bond acceptors (Lipinski definition) is 2. The summed E-state index contributed by atoms with van der Waals surface area (Å²) in [6, 6.07) is 10.6. The van der Waals surface area contributed by atoms with E-state index < -0.39 is 0 Å². The van der Waals surface area contributed by atoms with Gasteiger partial charge in [0, 0.05) is 17.7 Å². The third-order valence-electron chi connectivity index (χ3n) is 3.38. The van der Waals surface area contributed by atoms with Crippen LogP contribution in [-0.4, -0.2) is 11.1 Å². The van der Waals surface area contributed by atoms with E-state index in [1.807, 2.05) is 38.1 Å². The molecule has 0 radical (unpaired) electrons. The zero-order valence-corrected chi connectivity index (χ0v) is 13.0. The van der Waals surface area contributed by atoms with Crippen molar-refractivity contribution in [3.8, 4) is 5.88 Å². The third-order valence-corrected chi connectivity index (χ3v) is 3.38. The van der Waals surface area contributed by atoms with Crippen molar-refractivity contribution >= 4 is 0 Å². The second-order valence-electron chi connectivity index (χ2n) is 5.84. The van der Waals surface area contributed by atoms with Crippen LogP contribution in [0.1, 0.15) is 44.7 Å². The highest BCUT2D eigenvalue weighted by molar-refractivity contribution is 5.38. The summed E-state index contributed by atoms with van der Waals surface area (Å²) in [5.41, 5.74) is 2.13. The minimum Gasteiger partial charge on any atom is -0.475 e. The Labute approximate surface area is 126 Å². The Morgan fingerprint density at radius 1 is 1.00 bits per heavy atom. The molecule has 0 spiro atoms. The molecule has 3 heteroatoms. The lowest BCUT2D eigenvalue weighted by Gasteiger charge is -2.24. The first-order chi connectivity index (χ1) is 9.99. The number of benzene rings is 1. The number of halogens is 1. The molecule has 0 N–H and O–H groups in total. The maximum Gasteiger partial charge on any atom is 0.217 e. The molecule has 112 valence electrons. The van der Waals surface area contributed by atoms with Gasteiger partial charge in [0.15, 0.2) is 0 Å². The Hall–Kier alpha value is -1.90. The van der Waals surface area contributed by atoms with Gasteiger partial charge in [-0.05, 0) is 43.5 Å². The minimum atomic E-state index is -0.217. The van der Waals surface area contributed by atoms with Crippen molar-refractivity contribution in [2.45, 2.75) is 39.7 Å². The lowest BCUT2D eigenvalue weighted by molar-refractivity contribution is 0.228. The van der Waals surface area contributed by atoms with E-state index in [9.17, 15) is 4.39 Å². The molecule has 1 heterocycles. The van der Waals surface area contributed by atoms with Crippen LogP contribution in [0.4, 0.5) is 4.39 Å². The largest absolute Gasteiger partial charge is 0.475 e. The average Bonchev–Trinajstić information content (AvgIpc) is 2.42. The number of pyridine rings is 1. The summed E-state index contributed by atoms with van der Waals surface area (Å²) in [5, 5.41) is 0. The number of hydrogen-bond donors (Lipinski definition) is 0. The third kappa shape index (κ3) is 3.81. The van der Waals surface area contributed by atoms with Crippen molar-refractivity contribution in [2.24, 2.45) is 5.92 Å². The van der Waals surface area contributed by atoms with E-state index >= 15 is 0 Å². The van der Waals surface area contributed by atoms with E-state index in [1.165, 1.54) is 12.1 Å². The quantitative estimate of drug-likeness (QED) is 0.788. The fourth-order valence-electron chi connectivity index (χ4n) is 2.56. The first-order valence-electron chi connectivity index (χ1n) is 7.36. The normalized spacial score (nSPS) is 12.7. The molecule has 2 nitrogen and oxygen atoms in total. The first-order valence-corrected chi connectivity index (χ1v) is 7.36. The predicted octanol–water partition coefficient (Wildman–Crippen LogP) is 4.80. The van der Waals surface area contributed by atoms with Gasteiger partial charge in [-0.25, -0.2) is 9.37 Å². The SMILES string of the molecule is CC(C)Oc1ncccc1C(c1ccc(F)cc1)C(C)C. The van der Waals surface area contributed by atoms with Gasteiger partial charge in [-0.2, -0.15) is 0 Å². The summed E-state index contributed by atoms with van der Waals surface area (Å²) in [5.74, 6) is 0.934. The maximum atomic E-state index is 13.2. The van der Waals surface area contributed by atoms with Crippen LogP contribution in [0.3, 0.4) is 0 Å². The van der Waals surface area contributed by atoms with Gasteiger partial charge in [0.05, 0.1) is 6.10 Å². The van der Waals surface area contributed by atoms with Crippen molar-refractivity contribution in [3.05, 3.63) is 59.5 Å². The number of aromatic nitrogens is 1. The Balaban J connectivity index is 2.46. The molecule has 21 heavy (non-hydrogen) atoms. The molecule has 0 aliphatic carbocycles. The zero-order valence-electron chi connectivity index (χ0n) is 13.0. The highest BCUT2D eigenvalue weighted by Crippen LogP contribution is 2.36. The Bertz CT molecular complexity index is 578. The van der Waals surface area contributed by atoms with Gasteiger partial charge >= 0.3 is 0 Å². The van der Waals surface area contributed by atoms with Gasteiger partial charge in [-0.1, -0.05) is 32.0 Å². The van der Waals surface area contributed by atoms with Crippen LogP contribution in [-0.2, 0) is 0 Å². The molecule has 2 rings (SSSR count). The molecule has 1 atom stereocenters. The topological polar surface area (TPSA) is 22.1 Å². The van der Waals surface area contributed by atoms with Crippen LogP contribution in [0.25, 0.3) is 0 Å². The van der Waals surface area contributed by atoms with Crippen molar-refractivity contribution in [1.82, 2.24) is 4.98 Å². The van der Waals surface area contributed by atoms with Crippen LogP contribution >= 0.6 is 0 Å². The van der Waals surface area contributed by atoms with Crippen LogP contribution in [0.2, 0.25) is 0 Å². The molecule has 0 fully saturated rings. The molecule has 0 aliphatic heterocycles. The molecular weight excluding hydrogens is 265 g/mol. The average molecular weight is 287 g/mol. The standard InChI is InChI=1S/C18H22FNO/c1-12(2)17(14-7-9-15(19)10-8-14)16-6-5-11-20-18(16)21-13(3)4/h5-13,17H,1-4H3. The van der Waals surface area contributed by atoms with E-state index in [1.54, 1.807) is 6.20 Å². The lowest BCUT2D eigenvalue weighted by atomic mass is 9.83. The molecule has 0 aliphatic rings. The highest BCUT2D eigenvalue weighted by atomic mass is 19.1. The van der Waals surface area contributed by atoms with Crippen molar-refractivity contribution < 1.29 is 9.13 Å². The minimum absolute atomic E-state index is 0.0691. The van der Waals surface area contributed by atoms with Crippen molar-refractivity contribution in [1.29, 1.82) is 0 Å². The van der Waals surface area contributed by atoms with Crippen LogP contribution in [0.15, 0.2) is 42.6 Å². The number of nitrogens with zero attached hydrogens (tertiary/aromatic N) is 1. The summed E-state index contributed by atoms with van der Waals surface area (Å²) in [7, 11) is 0. The van der Waals surface area contributed by atoms with E-state index in [0.29, 0.717) is 11.8 Å². The van der Waals surface area contributed by atoms with E-state index in [-0.39, 0.29) is 17.8 Å². The summed E-state index contributed by atoms with van der Waals surface area (Å²) < 4.78 is 19.0. The Morgan fingerprint density at radius 2 is 1.67 bits per heavy atom. The van der Waals surface area contributed by atoms with Crippen molar-refractivity contribution in [3.63, 3.8) is 0 Å². The van der Waals surface area contributed by atoms with Gasteiger partial charge in [0.1, 0.15) is 5.82 Å². The summed E-state index contributed by atoms with van der Waals surface area (Å²) in [4.78, 5) is 4.37. The maximum absolute atomic E-state index is 13.2. The smallest absolute Gasteiger partial charge is 0.217 e. The fourth-order valence-corrected chi connectivity index (χ4v) is 2.56. The monoisotopic (exact) mass is 287 g/mol. The molecule has 1 aromatic carbocycles. The van der Waals surface area contributed by atoms with Gasteiger partial charge < -0.3 is 4.74 Å². The van der Waals surface area contributed by atoms with Crippen molar-refractivity contribution in [2.75, 3.05) is 0 Å².